The van der Waals surface area contributed by atoms with Gasteiger partial charge in [0.05, 0.1) is 12.5 Å². The molecular weight excluding hydrogens is 452 g/mol. The molecule has 0 bridgehead atoms. The maximum Gasteiger partial charge on any atom is 0.305 e. The van der Waals surface area contributed by atoms with Gasteiger partial charge in [-0.05, 0) is 55.5 Å². The average molecular weight is 489 g/mol. The number of carbonyl (C=O) groups is 2. The summed E-state index contributed by atoms with van der Waals surface area (Å²) in [5.41, 5.74) is 5.04. The Morgan fingerprint density at radius 2 is 1.72 bits per heavy atom. The fourth-order valence-electron chi connectivity index (χ4n) is 4.60. The second kappa shape index (κ2) is 12.3. The third-order valence-corrected chi connectivity index (χ3v) is 6.47. The number of aryl methyl sites for hydroxylation is 3. The topological polar surface area (TPSA) is 88.4 Å². The summed E-state index contributed by atoms with van der Waals surface area (Å²) in [5, 5.41) is 12.5. The minimum Gasteiger partial charge on any atom is -0.481 e. The van der Waals surface area contributed by atoms with Crippen LogP contribution in [0, 0.1) is 20.8 Å². The Morgan fingerprint density at radius 1 is 1.00 bits per heavy atom. The number of rotatable bonds is 11. The number of hydrogen-bond donors (Lipinski definition) is 2. The summed E-state index contributed by atoms with van der Waals surface area (Å²) in [6, 6.07) is 16.1. The van der Waals surface area contributed by atoms with Gasteiger partial charge in [0.2, 0.25) is 5.91 Å². The van der Waals surface area contributed by atoms with Crippen molar-refractivity contribution in [2.24, 2.45) is 0 Å². The van der Waals surface area contributed by atoms with Crippen LogP contribution < -0.4 is 10.9 Å². The van der Waals surface area contributed by atoms with E-state index in [1.165, 1.54) is 0 Å². The number of aliphatic carboxylic acids is 1. The van der Waals surface area contributed by atoms with E-state index in [0.717, 1.165) is 40.7 Å². The minimum absolute atomic E-state index is 0.192. The number of amides is 1. The second-order valence-electron chi connectivity index (χ2n) is 9.59. The van der Waals surface area contributed by atoms with Crippen LogP contribution in [0.15, 0.2) is 65.6 Å². The van der Waals surface area contributed by atoms with Crippen LogP contribution in [-0.2, 0) is 16.0 Å². The first-order valence-corrected chi connectivity index (χ1v) is 12.5. The summed E-state index contributed by atoms with van der Waals surface area (Å²) in [5.74, 6) is -1.34. The molecule has 0 saturated heterocycles. The molecule has 0 fully saturated rings. The number of nitrogens with zero attached hydrogens (tertiary/aromatic N) is 1. The standard InChI is InChI=1S/C30H36N2O4/c1-5-6-12-27(29(35)31-26(18-28(33)34)25-16-20(2)13-14-22(25)4)32-19-21(3)15-24(30(32)36)17-23-10-8-7-9-11-23/h7-11,13-16,19,26-27H,5-6,12,17-18H2,1-4H3,(H,31,35)(H,33,34)/t26-,27?/m0/s1. The number of unbranched alkanes of at least 4 members (excludes halogenated alkanes) is 1. The molecule has 0 radical (unpaired) electrons. The summed E-state index contributed by atoms with van der Waals surface area (Å²) >= 11 is 0. The van der Waals surface area contributed by atoms with Crippen LogP contribution in [0.1, 0.15) is 78.1 Å². The molecule has 0 aliphatic rings. The van der Waals surface area contributed by atoms with Crippen LogP contribution in [0.5, 0.6) is 0 Å². The van der Waals surface area contributed by atoms with E-state index in [4.69, 9.17) is 0 Å². The highest BCUT2D eigenvalue weighted by atomic mass is 16.4. The fourth-order valence-corrected chi connectivity index (χ4v) is 4.60. The lowest BCUT2D eigenvalue weighted by Gasteiger charge is -2.25. The van der Waals surface area contributed by atoms with Gasteiger partial charge in [0, 0.05) is 18.2 Å². The van der Waals surface area contributed by atoms with Gasteiger partial charge in [0.1, 0.15) is 6.04 Å². The van der Waals surface area contributed by atoms with E-state index in [1.807, 2.05) is 82.3 Å². The van der Waals surface area contributed by atoms with Crippen LogP contribution in [0.4, 0.5) is 0 Å². The predicted molar refractivity (Wildman–Crippen MR) is 142 cm³/mol. The van der Waals surface area contributed by atoms with Gasteiger partial charge in [-0.15, -0.1) is 0 Å². The SMILES string of the molecule is CCCCC(C(=O)N[C@@H](CC(=O)O)c1cc(C)ccc1C)n1cc(C)cc(Cc2ccccc2)c1=O. The van der Waals surface area contributed by atoms with Crippen LogP contribution in [-0.4, -0.2) is 21.6 Å². The molecule has 3 rings (SSSR count). The highest BCUT2D eigenvalue weighted by Gasteiger charge is 2.27. The molecule has 0 spiro atoms. The van der Waals surface area contributed by atoms with Gasteiger partial charge in [-0.3, -0.25) is 14.4 Å². The first kappa shape index (κ1) is 26.9. The van der Waals surface area contributed by atoms with Crippen molar-refractivity contribution < 1.29 is 14.7 Å². The highest BCUT2D eigenvalue weighted by molar-refractivity contribution is 5.81. The summed E-state index contributed by atoms with van der Waals surface area (Å²) in [6.45, 7) is 7.80. The van der Waals surface area contributed by atoms with Gasteiger partial charge < -0.3 is 15.0 Å². The van der Waals surface area contributed by atoms with E-state index in [-0.39, 0.29) is 17.9 Å². The molecule has 1 aromatic heterocycles. The average Bonchev–Trinajstić information content (AvgIpc) is 2.83. The van der Waals surface area contributed by atoms with Crippen molar-refractivity contribution in [2.45, 2.75) is 71.9 Å². The van der Waals surface area contributed by atoms with Gasteiger partial charge in [-0.25, -0.2) is 0 Å². The van der Waals surface area contributed by atoms with Crippen molar-refractivity contribution in [3.8, 4) is 0 Å². The van der Waals surface area contributed by atoms with Crippen LogP contribution in [0.3, 0.4) is 0 Å². The molecule has 2 aromatic carbocycles. The van der Waals surface area contributed by atoms with Gasteiger partial charge >= 0.3 is 5.97 Å². The number of carboxylic acids is 1. The maximum atomic E-state index is 13.7. The Morgan fingerprint density at radius 3 is 2.39 bits per heavy atom. The number of benzene rings is 2. The van der Waals surface area contributed by atoms with E-state index in [9.17, 15) is 19.5 Å². The zero-order valence-electron chi connectivity index (χ0n) is 21.6. The molecule has 1 heterocycles. The third kappa shape index (κ3) is 6.94. The van der Waals surface area contributed by atoms with Gasteiger partial charge in [-0.1, -0.05) is 73.9 Å². The van der Waals surface area contributed by atoms with Gasteiger partial charge in [-0.2, -0.15) is 0 Å². The molecule has 3 aromatic rings. The zero-order chi connectivity index (χ0) is 26.2. The minimum atomic E-state index is -0.996. The molecule has 1 amide bonds. The van der Waals surface area contributed by atoms with Gasteiger partial charge in [0.25, 0.3) is 5.56 Å². The molecule has 0 saturated carbocycles. The van der Waals surface area contributed by atoms with Crippen molar-refractivity contribution in [1.29, 1.82) is 0 Å². The van der Waals surface area contributed by atoms with E-state index in [2.05, 4.69) is 5.32 Å². The fraction of sp³-hybridized carbons (Fsp3) is 0.367. The summed E-state index contributed by atoms with van der Waals surface area (Å²) in [6.07, 6.45) is 4.10. The van der Waals surface area contributed by atoms with Crippen molar-refractivity contribution in [1.82, 2.24) is 9.88 Å². The normalized spacial score (nSPS) is 12.7. The quantitative estimate of drug-likeness (QED) is 0.377. The van der Waals surface area contributed by atoms with Crippen molar-refractivity contribution in [3.05, 3.63) is 105 Å². The highest BCUT2D eigenvalue weighted by Crippen LogP contribution is 2.25. The largest absolute Gasteiger partial charge is 0.481 e. The van der Waals surface area contributed by atoms with E-state index >= 15 is 0 Å². The number of nitrogens with one attached hydrogen (secondary N) is 1. The number of pyridine rings is 1. The molecule has 36 heavy (non-hydrogen) atoms. The van der Waals surface area contributed by atoms with Crippen LogP contribution >= 0.6 is 0 Å². The molecule has 2 atom stereocenters. The van der Waals surface area contributed by atoms with Crippen LogP contribution in [0.25, 0.3) is 0 Å². The maximum absolute atomic E-state index is 13.7. The number of carboxylic acid groups (broad SMARTS) is 1. The van der Waals surface area contributed by atoms with Gasteiger partial charge in [0.15, 0.2) is 0 Å². The molecule has 1 unspecified atom stereocenters. The van der Waals surface area contributed by atoms with E-state index < -0.39 is 18.1 Å². The van der Waals surface area contributed by atoms with Crippen LogP contribution in [0.2, 0.25) is 0 Å². The van der Waals surface area contributed by atoms with E-state index in [1.54, 1.807) is 10.8 Å². The lowest BCUT2D eigenvalue weighted by molar-refractivity contribution is -0.138. The lowest BCUT2D eigenvalue weighted by atomic mass is 9.96. The molecule has 0 aliphatic carbocycles. The molecule has 0 aliphatic heterocycles. The lowest BCUT2D eigenvalue weighted by Crippen LogP contribution is -2.40. The Labute approximate surface area is 213 Å². The van der Waals surface area contributed by atoms with Crippen molar-refractivity contribution in [2.75, 3.05) is 0 Å². The first-order chi connectivity index (χ1) is 17.2. The summed E-state index contributed by atoms with van der Waals surface area (Å²) < 4.78 is 1.54. The Kier molecular flexibility index (Phi) is 9.23. The Balaban J connectivity index is 1.99. The monoisotopic (exact) mass is 488 g/mol. The zero-order valence-corrected chi connectivity index (χ0v) is 21.6. The number of hydrogen-bond acceptors (Lipinski definition) is 3. The molecule has 2 N–H and O–H groups in total. The Bertz CT molecular complexity index is 1260. The predicted octanol–water partition coefficient (Wildman–Crippen LogP) is 5.43. The molecule has 190 valence electrons. The number of carbonyl (C=O) groups excluding carboxylic acids is 1. The summed E-state index contributed by atoms with van der Waals surface area (Å²) in [4.78, 5) is 38.9. The molecular formula is C30H36N2O4. The van der Waals surface area contributed by atoms with Crippen molar-refractivity contribution in [3.63, 3.8) is 0 Å². The third-order valence-electron chi connectivity index (χ3n) is 6.47. The first-order valence-electron chi connectivity index (χ1n) is 12.5. The molecule has 6 heteroatoms. The number of aromatic nitrogens is 1. The second-order valence-corrected chi connectivity index (χ2v) is 9.59. The Hall–Kier alpha value is -3.67. The smallest absolute Gasteiger partial charge is 0.305 e. The van der Waals surface area contributed by atoms with Crippen molar-refractivity contribution >= 4 is 11.9 Å². The molecule has 6 nitrogen and oxygen atoms in total. The summed E-state index contributed by atoms with van der Waals surface area (Å²) in [7, 11) is 0. The van der Waals surface area contributed by atoms with E-state index in [0.29, 0.717) is 18.4 Å².